The first kappa shape index (κ1) is 16.6. The molecule has 2 heterocycles. The normalized spacial score (nSPS) is 11.2. The number of aromatic nitrogens is 4. The number of nitrogens with zero attached hydrogens (tertiary/aromatic N) is 4. The minimum absolute atomic E-state index is 0.671. The van der Waals surface area contributed by atoms with Gasteiger partial charge in [0.05, 0.1) is 18.1 Å². The molecule has 0 spiro atoms. The quantitative estimate of drug-likeness (QED) is 0.205. The third-order valence-electron chi connectivity index (χ3n) is 3.32. The lowest BCUT2D eigenvalue weighted by molar-refractivity contribution is 0.698. The maximum Gasteiger partial charge on any atom is 0.190 e. The van der Waals surface area contributed by atoms with Gasteiger partial charge in [-0.3, -0.25) is 0 Å². The van der Waals surface area contributed by atoms with Gasteiger partial charge in [-0.1, -0.05) is 42.1 Å². The Labute approximate surface area is 149 Å². The summed E-state index contributed by atoms with van der Waals surface area (Å²) < 4.78 is 1.94. The van der Waals surface area contributed by atoms with Crippen LogP contribution < -0.4 is 0 Å². The average molecular weight is 365 g/mol. The van der Waals surface area contributed by atoms with E-state index < -0.39 is 0 Å². The zero-order valence-corrected chi connectivity index (χ0v) is 15.2. The Hall–Kier alpha value is -1.24. The summed E-state index contributed by atoms with van der Waals surface area (Å²) in [6.07, 6.45) is 4.82. The van der Waals surface area contributed by atoms with E-state index in [2.05, 4.69) is 27.2 Å². The molecular weight excluding hydrogens is 348 g/mol. The molecule has 7 heteroatoms. The van der Waals surface area contributed by atoms with Crippen molar-refractivity contribution >= 4 is 46.2 Å². The van der Waals surface area contributed by atoms with Crippen molar-refractivity contribution in [2.75, 3.05) is 17.9 Å². The molecule has 0 aliphatic heterocycles. The molecule has 0 fully saturated rings. The first-order valence-corrected chi connectivity index (χ1v) is 10.1. The predicted octanol–water partition coefficient (Wildman–Crippen LogP) is 4.32. The minimum atomic E-state index is 0.671. The second-order valence-corrected chi connectivity index (χ2v) is 7.17. The lowest BCUT2D eigenvalue weighted by atomic mass is 10.2. The van der Waals surface area contributed by atoms with Crippen LogP contribution in [0.3, 0.4) is 0 Å². The van der Waals surface area contributed by atoms with E-state index in [-0.39, 0.29) is 0 Å². The smallest absolute Gasteiger partial charge is 0.190 e. The number of halogens is 1. The molecule has 2 aromatic heterocycles. The molecule has 0 radical (unpaired) electrons. The summed E-state index contributed by atoms with van der Waals surface area (Å²) in [4.78, 5) is 9.28. The van der Waals surface area contributed by atoms with Crippen LogP contribution in [-0.4, -0.2) is 37.6 Å². The summed E-state index contributed by atoms with van der Waals surface area (Å²) in [5.41, 5.74) is 2.10. The third-order valence-corrected chi connectivity index (χ3v) is 5.21. The molecular formula is C16H17ClN4S2. The van der Waals surface area contributed by atoms with E-state index in [1.54, 1.807) is 23.5 Å². The average Bonchev–Trinajstić information content (AvgIpc) is 2.99. The molecule has 120 valence electrons. The van der Waals surface area contributed by atoms with Crippen molar-refractivity contribution < 1.29 is 0 Å². The first-order valence-electron chi connectivity index (χ1n) is 7.32. The van der Waals surface area contributed by atoms with E-state index in [1.165, 1.54) is 5.56 Å². The van der Waals surface area contributed by atoms with Crippen LogP contribution in [0.4, 0.5) is 0 Å². The fourth-order valence-corrected chi connectivity index (χ4v) is 3.85. The van der Waals surface area contributed by atoms with Crippen LogP contribution >= 0.6 is 35.1 Å². The fraction of sp³-hybridized carbons (Fsp3) is 0.312. The van der Waals surface area contributed by atoms with Gasteiger partial charge >= 0.3 is 0 Å². The molecule has 0 aliphatic carbocycles. The monoisotopic (exact) mass is 364 g/mol. The number of hydrogen-bond donors (Lipinski definition) is 0. The van der Waals surface area contributed by atoms with Gasteiger partial charge in [0.1, 0.15) is 5.03 Å². The molecule has 1 aromatic carbocycles. The van der Waals surface area contributed by atoms with Crippen LogP contribution in [0.15, 0.2) is 46.7 Å². The van der Waals surface area contributed by atoms with Gasteiger partial charge in [-0.2, -0.15) is 5.10 Å². The Balaban J connectivity index is 1.95. The maximum atomic E-state index is 5.77. The van der Waals surface area contributed by atoms with Gasteiger partial charge in [0.15, 0.2) is 10.8 Å². The summed E-state index contributed by atoms with van der Waals surface area (Å²) in [5, 5.41) is 7.30. The van der Waals surface area contributed by atoms with E-state index in [9.17, 15) is 0 Å². The van der Waals surface area contributed by atoms with Gasteiger partial charge in [-0.05, 0) is 18.2 Å². The Bertz CT molecular complexity index is 776. The predicted molar refractivity (Wildman–Crippen MR) is 98.7 cm³/mol. The standard InChI is InChI=1S/C16H17ClN4S2/c1-22-16-19-14-13(15(20-16)23-9-5-8-17)10-18-21(14)11-12-6-3-2-4-7-12/h2-4,6-7,10H,5,8-9,11H2,1H3. The molecule has 0 saturated carbocycles. The van der Waals surface area contributed by atoms with Crippen molar-refractivity contribution in [3.8, 4) is 0 Å². The highest BCUT2D eigenvalue weighted by Crippen LogP contribution is 2.28. The van der Waals surface area contributed by atoms with Crippen LogP contribution in [0.25, 0.3) is 11.0 Å². The highest BCUT2D eigenvalue weighted by molar-refractivity contribution is 7.99. The second kappa shape index (κ2) is 8.04. The molecule has 23 heavy (non-hydrogen) atoms. The van der Waals surface area contributed by atoms with Gasteiger partial charge in [0, 0.05) is 11.6 Å². The topological polar surface area (TPSA) is 43.6 Å². The number of hydrogen-bond acceptors (Lipinski definition) is 5. The molecule has 0 unspecified atom stereocenters. The first-order chi connectivity index (χ1) is 11.3. The summed E-state index contributed by atoms with van der Waals surface area (Å²) in [7, 11) is 0. The third kappa shape index (κ3) is 4.00. The Morgan fingerprint density at radius 2 is 2.00 bits per heavy atom. The number of alkyl halides is 1. The van der Waals surface area contributed by atoms with Crippen LogP contribution in [0.2, 0.25) is 0 Å². The van der Waals surface area contributed by atoms with Crippen LogP contribution in [-0.2, 0) is 6.54 Å². The highest BCUT2D eigenvalue weighted by atomic mass is 35.5. The molecule has 4 nitrogen and oxygen atoms in total. The summed E-state index contributed by atoms with van der Waals surface area (Å²) in [6, 6.07) is 10.3. The zero-order chi connectivity index (χ0) is 16.1. The van der Waals surface area contributed by atoms with Crippen molar-refractivity contribution in [1.29, 1.82) is 0 Å². The van der Waals surface area contributed by atoms with Gasteiger partial charge < -0.3 is 0 Å². The van der Waals surface area contributed by atoms with Crippen molar-refractivity contribution in [2.24, 2.45) is 0 Å². The van der Waals surface area contributed by atoms with Crippen molar-refractivity contribution in [2.45, 2.75) is 23.1 Å². The van der Waals surface area contributed by atoms with Crippen molar-refractivity contribution in [1.82, 2.24) is 19.7 Å². The highest BCUT2D eigenvalue weighted by Gasteiger charge is 2.13. The largest absolute Gasteiger partial charge is 0.243 e. The number of benzene rings is 1. The number of fused-ring (bicyclic) bond motifs is 1. The SMILES string of the molecule is CSc1nc(SCCCCl)c2cnn(Cc3ccccc3)c2n1. The number of rotatable bonds is 7. The maximum absolute atomic E-state index is 5.77. The van der Waals surface area contributed by atoms with Crippen molar-refractivity contribution in [3.63, 3.8) is 0 Å². The lowest BCUT2D eigenvalue weighted by Crippen LogP contribution is -2.03. The molecule has 0 amide bonds. The van der Waals surface area contributed by atoms with E-state index in [0.717, 1.165) is 33.4 Å². The van der Waals surface area contributed by atoms with E-state index >= 15 is 0 Å². The van der Waals surface area contributed by atoms with Gasteiger partial charge in [0.2, 0.25) is 0 Å². The zero-order valence-electron chi connectivity index (χ0n) is 12.8. The molecule has 0 N–H and O–H groups in total. The summed E-state index contributed by atoms with van der Waals surface area (Å²) in [5.74, 6) is 1.62. The Kier molecular flexibility index (Phi) is 5.80. The Morgan fingerprint density at radius 3 is 2.74 bits per heavy atom. The van der Waals surface area contributed by atoms with Crippen LogP contribution in [0, 0.1) is 0 Å². The fourth-order valence-electron chi connectivity index (χ4n) is 2.21. The van der Waals surface area contributed by atoms with E-state index in [4.69, 9.17) is 11.6 Å². The second-order valence-electron chi connectivity index (χ2n) is 4.93. The van der Waals surface area contributed by atoms with E-state index in [0.29, 0.717) is 12.4 Å². The van der Waals surface area contributed by atoms with Crippen LogP contribution in [0.5, 0.6) is 0 Å². The van der Waals surface area contributed by atoms with Gasteiger partial charge in [-0.25, -0.2) is 14.6 Å². The minimum Gasteiger partial charge on any atom is -0.243 e. The molecule has 0 aliphatic rings. The molecule has 0 saturated heterocycles. The molecule has 3 aromatic rings. The van der Waals surface area contributed by atoms with Crippen LogP contribution in [0.1, 0.15) is 12.0 Å². The molecule has 0 atom stereocenters. The van der Waals surface area contributed by atoms with Gasteiger partial charge in [-0.15, -0.1) is 23.4 Å². The molecule has 3 rings (SSSR count). The van der Waals surface area contributed by atoms with E-state index in [1.807, 2.05) is 35.3 Å². The lowest BCUT2D eigenvalue weighted by Gasteiger charge is -2.06. The number of thioether (sulfide) groups is 2. The summed E-state index contributed by atoms with van der Waals surface area (Å²) in [6.45, 7) is 0.709. The summed E-state index contributed by atoms with van der Waals surface area (Å²) >= 11 is 9.05. The van der Waals surface area contributed by atoms with Crippen molar-refractivity contribution in [3.05, 3.63) is 42.1 Å². The molecule has 0 bridgehead atoms. The Morgan fingerprint density at radius 1 is 1.17 bits per heavy atom. The van der Waals surface area contributed by atoms with Gasteiger partial charge in [0.25, 0.3) is 0 Å².